The summed E-state index contributed by atoms with van der Waals surface area (Å²) in [5.74, 6) is -0.398. The van der Waals surface area contributed by atoms with E-state index >= 15 is 0 Å². The molecule has 0 aliphatic rings. The third-order valence-electron chi connectivity index (χ3n) is 2.36. The molecule has 2 rings (SSSR count). The van der Waals surface area contributed by atoms with Crippen LogP contribution < -0.4 is 5.73 Å². The molecule has 0 aliphatic heterocycles. The van der Waals surface area contributed by atoms with Crippen LogP contribution in [-0.4, -0.2) is 10.2 Å². The van der Waals surface area contributed by atoms with Crippen molar-refractivity contribution in [1.82, 2.24) is 10.2 Å². The van der Waals surface area contributed by atoms with Crippen LogP contribution in [0, 0.1) is 5.82 Å². The smallest absolute Gasteiger partial charge is 0.150 e. The van der Waals surface area contributed by atoms with Gasteiger partial charge in [-0.2, -0.15) is 0 Å². The number of halogens is 2. The zero-order valence-electron chi connectivity index (χ0n) is 9.15. The molecular weight excluding hydrogens is 261 g/mol. The van der Waals surface area contributed by atoms with Crippen molar-refractivity contribution in [3.8, 4) is 10.6 Å². The Kier molecular flexibility index (Phi) is 3.71. The third kappa shape index (κ3) is 2.62. The normalized spacial score (nSPS) is 12.7. The molecule has 6 heteroatoms. The lowest BCUT2D eigenvalue weighted by Gasteiger charge is -2.01. The van der Waals surface area contributed by atoms with Crippen LogP contribution in [0.3, 0.4) is 0 Å². The minimum atomic E-state index is -0.398. The van der Waals surface area contributed by atoms with Gasteiger partial charge >= 0.3 is 0 Å². The Labute approximate surface area is 107 Å². The van der Waals surface area contributed by atoms with E-state index in [0.717, 1.165) is 11.4 Å². The first-order chi connectivity index (χ1) is 8.11. The number of hydrogen-bond acceptors (Lipinski definition) is 4. The van der Waals surface area contributed by atoms with Crippen molar-refractivity contribution in [2.45, 2.75) is 19.4 Å². The molecule has 0 saturated heterocycles. The molecule has 2 aromatic rings. The topological polar surface area (TPSA) is 51.8 Å². The minimum Gasteiger partial charge on any atom is -0.322 e. The van der Waals surface area contributed by atoms with Gasteiger partial charge in [-0.05, 0) is 24.6 Å². The van der Waals surface area contributed by atoms with Crippen LogP contribution in [0.2, 0.25) is 5.02 Å². The Morgan fingerprint density at radius 1 is 1.47 bits per heavy atom. The highest BCUT2D eigenvalue weighted by Crippen LogP contribution is 2.30. The molecule has 1 heterocycles. The van der Waals surface area contributed by atoms with Gasteiger partial charge in [0, 0.05) is 10.6 Å². The Hall–Kier alpha value is -1.04. The summed E-state index contributed by atoms with van der Waals surface area (Å²) in [5, 5.41) is 9.53. The second-order valence-electron chi connectivity index (χ2n) is 3.58. The summed E-state index contributed by atoms with van der Waals surface area (Å²) < 4.78 is 13.7. The van der Waals surface area contributed by atoms with Gasteiger partial charge in [-0.15, -0.1) is 10.2 Å². The molecule has 90 valence electrons. The number of nitrogens with two attached hydrogens (primary N) is 1. The van der Waals surface area contributed by atoms with Crippen molar-refractivity contribution in [3.63, 3.8) is 0 Å². The van der Waals surface area contributed by atoms with Gasteiger partial charge in [0.05, 0.1) is 6.04 Å². The zero-order chi connectivity index (χ0) is 12.4. The number of hydrogen-bond donors (Lipinski definition) is 1. The number of benzene rings is 1. The van der Waals surface area contributed by atoms with E-state index in [-0.39, 0.29) is 6.04 Å². The molecule has 1 atom stereocenters. The molecule has 3 nitrogen and oxygen atoms in total. The van der Waals surface area contributed by atoms with Crippen LogP contribution in [0.15, 0.2) is 18.2 Å². The van der Waals surface area contributed by atoms with Crippen molar-refractivity contribution >= 4 is 22.9 Å². The molecule has 0 fully saturated rings. The van der Waals surface area contributed by atoms with Crippen LogP contribution in [0.4, 0.5) is 4.39 Å². The number of nitrogens with zero attached hydrogens (tertiary/aromatic N) is 2. The molecule has 0 radical (unpaired) electrons. The highest BCUT2D eigenvalue weighted by atomic mass is 35.5. The fraction of sp³-hybridized carbons (Fsp3) is 0.273. The van der Waals surface area contributed by atoms with Gasteiger partial charge in [0.1, 0.15) is 10.8 Å². The quantitative estimate of drug-likeness (QED) is 0.931. The maximum absolute atomic E-state index is 13.7. The lowest BCUT2D eigenvalue weighted by molar-refractivity contribution is 0.631. The molecule has 1 aromatic heterocycles. The molecule has 1 unspecified atom stereocenters. The van der Waals surface area contributed by atoms with E-state index in [9.17, 15) is 4.39 Å². The monoisotopic (exact) mass is 271 g/mol. The van der Waals surface area contributed by atoms with Crippen LogP contribution in [-0.2, 0) is 0 Å². The molecule has 0 amide bonds. The first-order valence-electron chi connectivity index (χ1n) is 5.16. The Bertz CT molecular complexity index is 529. The largest absolute Gasteiger partial charge is 0.322 e. The van der Waals surface area contributed by atoms with E-state index in [4.69, 9.17) is 17.3 Å². The van der Waals surface area contributed by atoms with Crippen LogP contribution in [0.1, 0.15) is 24.4 Å². The fourth-order valence-corrected chi connectivity index (χ4v) is 2.44. The fourth-order valence-electron chi connectivity index (χ4n) is 1.33. The van der Waals surface area contributed by atoms with Gasteiger partial charge < -0.3 is 5.73 Å². The Morgan fingerprint density at radius 3 is 2.88 bits per heavy atom. The minimum absolute atomic E-state index is 0.142. The number of aromatic nitrogens is 2. The zero-order valence-corrected chi connectivity index (χ0v) is 10.7. The summed E-state index contributed by atoms with van der Waals surface area (Å²) >= 11 is 7.00. The van der Waals surface area contributed by atoms with Crippen LogP contribution in [0.5, 0.6) is 0 Å². The maximum Gasteiger partial charge on any atom is 0.150 e. The van der Waals surface area contributed by atoms with Gasteiger partial charge in [-0.1, -0.05) is 29.9 Å². The van der Waals surface area contributed by atoms with E-state index in [1.807, 2.05) is 6.92 Å². The van der Waals surface area contributed by atoms with Gasteiger partial charge in [0.2, 0.25) is 0 Å². The Balaban J connectivity index is 2.37. The van der Waals surface area contributed by atoms with Gasteiger partial charge in [0.15, 0.2) is 5.01 Å². The van der Waals surface area contributed by atoms with Crippen molar-refractivity contribution in [2.75, 3.05) is 0 Å². The average Bonchev–Trinajstić information content (AvgIpc) is 2.77. The second kappa shape index (κ2) is 5.08. The van der Waals surface area contributed by atoms with Crippen molar-refractivity contribution < 1.29 is 4.39 Å². The average molecular weight is 272 g/mol. The second-order valence-corrected chi connectivity index (χ2v) is 5.03. The summed E-state index contributed by atoms with van der Waals surface area (Å²) in [6.07, 6.45) is 0.776. The standard InChI is InChI=1S/C11H11ClFN3S/c1-2-9(14)11-16-15-10(17-11)7-4-3-6(12)5-8(7)13/h3-5,9H,2,14H2,1H3. The molecule has 1 aromatic carbocycles. The lowest BCUT2D eigenvalue weighted by Crippen LogP contribution is -2.07. The van der Waals surface area contributed by atoms with Crippen molar-refractivity contribution in [3.05, 3.63) is 34.0 Å². The predicted octanol–water partition coefficient (Wildman–Crippen LogP) is 3.41. The lowest BCUT2D eigenvalue weighted by atomic mass is 10.2. The molecule has 0 spiro atoms. The van der Waals surface area contributed by atoms with Crippen molar-refractivity contribution in [1.29, 1.82) is 0 Å². The summed E-state index contributed by atoms with van der Waals surface area (Å²) in [6, 6.07) is 4.34. The molecule has 17 heavy (non-hydrogen) atoms. The SMILES string of the molecule is CCC(N)c1nnc(-c2ccc(Cl)cc2F)s1. The molecule has 0 aliphatic carbocycles. The van der Waals surface area contributed by atoms with Crippen molar-refractivity contribution in [2.24, 2.45) is 5.73 Å². The molecule has 2 N–H and O–H groups in total. The predicted molar refractivity (Wildman–Crippen MR) is 67.5 cm³/mol. The van der Waals surface area contributed by atoms with Crippen LogP contribution >= 0.6 is 22.9 Å². The van der Waals surface area contributed by atoms with E-state index < -0.39 is 5.82 Å². The van der Waals surface area contributed by atoms with Gasteiger partial charge in [-0.25, -0.2) is 4.39 Å². The van der Waals surface area contributed by atoms with Gasteiger partial charge in [-0.3, -0.25) is 0 Å². The summed E-state index contributed by atoms with van der Waals surface area (Å²) in [6.45, 7) is 1.97. The van der Waals surface area contributed by atoms with E-state index in [1.165, 1.54) is 17.4 Å². The van der Waals surface area contributed by atoms with E-state index in [0.29, 0.717) is 15.6 Å². The first kappa shape index (κ1) is 12.4. The van der Waals surface area contributed by atoms with Crippen LogP contribution in [0.25, 0.3) is 10.6 Å². The first-order valence-corrected chi connectivity index (χ1v) is 6.35. The summed E-state index contributed by atoms with van der Waals surface area (Å²) in [7, 11) is 0. The maximum atomic E-state index is 13.7. The molecule has 0 saturated carbocycles. The number of rotatable bonds is 3. The van der Waals surface area contributed by atoms with Gasteiger partial charge in [0.25, 0.3) is 0 Å². The molecule has 0 bridgehead atoms. The summed E-state index contributed by atoms with van der Waals surface area (Å²) in [4.78, 5) is 0. The summed E-state index contributed by atoms with van der Waals surface area (Å²) in [5.41, 5.74) is 6.25. The Morgan fingerprint density at radius 2 is 2.24 bits per heavy atom. The highest BCUT2D eigenvalue weighted by Gasteiger charge is 2.14. The third-order valence-corrected chi connectivity index (χ3v) is 3.68. The molecular formula is C11H11ClFN3S. The van der Waals surface area contributed by atoms with E-state index in [1.54, 1.807) is 12.1 Å². The van der Waals surface area contributed by atoms with E-state index in [2.05, 4.69) is 10.2 Å². The highest BCUT2D eigenvalue weighted by molar-refractivity contribution is 7.14.